The zero-order valence-electron chi connectivity index (χ0n) is 43.1. The molecule has 0 aromatic heterocycles. The van der Waals surface area contributed by atoms with Crippen LogP contribution in [0.3, 0.4) is 0 Å². The van der Waals surface area contributed by atoms with Gasteiger partial charge in [0.1, 0.15) is 18.3 Å². The number of rotatable bonds is 11. The number of aliphatic hydroxyl groups is 3. The summed E-state index contributed by atoms with van der Waals surface area (Å²) in [6, 6.07) is 0. The summed E-state index contributed by atoms with van der Waals surface area (Å²) >= 11 is 0. The van der Waals surface area contributed by atoms with Crippen molar-refractivity contribution in [3.8, 4) is 0 Å². The predicted octanol–water partition coefficient (Wildman–Crippen LogP) is 7.34. The molecule has 5 unspecified atom stereocenters. The van der Waals surface area contributed by atoms with Crippen molar-refractivity contribution in [3.63, 3.8) is 0 Å². The van der Waals surface area contributed by atoms with E-state index in [4.69, 9.17) is 37.9 Å². The van der Waals surface area contributed by atoms with E-state index in [1.165, 1.54) is 52.4 Å². The summed E-state index contributed by atoms with van der Waals surface area (Å²) in [4.78, 5) is 66.7. The van der Waals surface area contributed by atoms with Crippen molar-refractivity contribution in [2.24, 2.45) is 34.0 Å². The molecule has 4 aliphatic heterocycles. The Morgan fingerprint density at radius 3 is 2.28 bits per heavy atom. The zero-order chi connectivity index (χ0) is 51.5. The van der Waals surface area contributed by atoms with E-state index in [0.29, 0.717) is 24.2 Å². The topological polar surface area (TPSA) is 220 Å². The molecule has 0 radical (unpaired) electrons. The van der Waals surface area contributed by atoms with E-state index in [1.54, 1.807) is 45.9 Å². The van der Waals surface area contributed by atoms with Gasteiger partial charge in [-0.1, -0.05) is 71.4 Å². The second kappa shape index (κ2) is 22.3. The SMILES string of the molecule is CCC/C=C/C=C/C(=O)O[C@H]1/C(=C/C(=O)OC)CC2C[C@H]([C@@H](C)O)OC(=O)CCCC3C[C@H](OC(C)=O)C(C)(C)[C@](O)(C[C@@H]4C[C@H](OC(=O)CC56CC7CC(CC5C7)C6)C[C@H](/C=C/C(C)(C)C1(O)O2)O4)O3. The lowest BCUT2D eigenvalue weighted by atomic mass is 9.70. The minimum absolute atomic E-state index is 0.0309. The molecule has 4 saturated carbocycles. The largest absolute Gasteiger partial charge is 0.466 e. The quantitative estimate of drug-likeness (QED) is 0.0606. The lowest BCUT2D eigenvalue weighted by molar-refractivity contribution is -0.348. The average Bonchev–Trinajstić information content (AvgIpc) is 3.66. The van der Waals surface area contributed by atoms with E-state index in [0.717, 1.165) is 31.8 Å². The molecule has 396 valence electrons. The third kappa shape index (κ3) is 12.5. The van der Waals surface area contributed by atoms with Crippen LogP contribution in [0.15, 0.2) is 48.1 Å². The van der Waals surface area contributed by atoms with Gasteiger partial charge in [0.05, 0.1) is 49.5 Å². The van der Waals surface area contributed by atoms with Crippen LogP contribution in [0.5, 0.6) is 0 Å². The first kappa shape index (κ1) is 54.8. The number of ether oxygens (including phenoxy) is 8. The summed E-state index contributed by atoms with van der Waals surface area (Å²) in [6.07, 6.45) is 11.0. The van der Waals surface area contributed by atoms with Crippen LogP contribution in [0.2, 0.25) is 0 Å². The van der Waals surface area contributed by atoms with Crippen LogP contribution in [-0.2, 0) is 61.9 Å². The van der Waals surface area contributed by atoms with Gasteiger partial charge in [0.2, 0.25) is 5.79 Å². The number of allylic oxidation sites excluding steroid dienone is 3. The van der Waals surface area contributed by atoms with Crippen LogP contribution in [0.1, 0.15) is 158 Å². The fourth-order valence-electron chi connectivity index (χ4n) is 13.1. The number of aliphatic hydroxyl groups excluding tert-OH is 1. The summed E-state index contributed by atoms with van der Waals surface area (Å²) in [7, 11) is 1.20. The first-order chi connectivity index (χ1) is 33.5. The number of carbonyl (C=O) groups is 5. The van der Waals surface area contributed by atoms with Crippen molar-refractivity contribution in [1.82, 2.24) is 0 Å². The van der Waals surface area contributed by atoms with Gasteiger partial charge in [-0.15, -0.1) is 0 Å². The smallest absolute Gasteiger partial charge is 0.331 e. The van der Waals surface area contributed by atoms with Gasteiger partial charge in [-0.25, -0.2) is 9.59 Å². The number of fused-ring (bicyclic) bond motifs is 6. The molecule has 71 heavy (non-hydrogen) atoms. The number of methoxy groups -OCH3 is 1. The number of unbranched alkanes of at least 4 members (excludes halogenated alkanes) is 1. The third-order valence-electron chi connectivity index (χ3n) is 16.9. The highest BCUT2D eigenvalue weighted by atomic mass is 16.7. The van der Waals surface area contributed by atoms with Gasteiger partial charge in [-0.3, -0.25) is 14.4 Å². The van der Waals surface area contributed by atoms with Crippen LogP contribution in [0, 0.1) is 34.0 Å². The van der Waals surface area contributed by atoms with Gasteiger partial charge >= 0.3 is 29.8 Å². The van der Waals surface area contributed by atoms with Gasteiger partial charge in [-0.2, -0.15) is 0 Å². The van der Waals surface area contributed by atoms with Gasteiger partial charge in [-0.05, 0) is 93.5 Å². The second-order valence-corrected chi connectivity index (χ2v) is 23.0. The maximum Gasteiger partial charge on any atom is 0.331 e. The molecule has 3 N–H and O–H groups in total. The van der Waals surface area contributed by atoms with Crippen molar-refractivity contribution in [2.45, 2.75) is 224 Å². The van der Waals surface area contributed by atoms with Crippen LogP contribution in [0.25, 0.3) is 0 Å². The minimum atomic E-state index is -2.42. The maximum absolute atomic E-state index is 14.1. The molecule has 0 spiro atoms. The number of cyclic esters (lactones) is 1. The summed E-state index contributed by atoms with van der Waals surface area (Å²) in [5.41, 5.74) is -2.50. The Balaban J connectivity index is 1.26. The third-order valence-corrected chi connectivity index (χ3v) is 16.9. The highest BCUT2D eigenvalue weighted by molar-refractivity contribution is 5.84. The van der Waals surface area contributed by atoms with Gasteiger partial charge in [0.25, 0.3) is 0 Å². The Labute approximate surface area is 419 Å². The van der Waals surface area contributed by atoms with Crippen LogP contribution < -0.4 is 0 Å². The van der Waals surface area contributed by atoms with E-state index in [2.05, 4.69) is 0 Å². The molecule has 16 heteroatoms. The number of esters is 5. The number of carbonyl (C=O) groups excluding carboxylic acids is 5. The van der Waals surface area contributed by atoms with Crippen molar-refractivity contribution < 1.29 is 77.2 Å². The molecular formula is C55H80O16. The molecular weight excluding hydrogens is 917 g/mol. The predicted molar refractivity (Wildman–Crippen MR) is 257 cm³/mol. The fourth-order valence-corrected chi connectivity index (χ4v) is 13.1. The number of hydrogen-bond donors (Lipinski definition) is 3. The van der Waals surface area contributed by atoms with Gasteiger partial charge in [0, 0.05) is 63.0 Å². The maximum atomic E-state index is 14.1. The Morgan fingerprint density at radius 1 is 0.873 bits per heavy atom. The van der Waals surface area contributed by atoms with Gasteiger partial charge < -0.3 is 53.2 Å². The first-order valence-corrected chi connectivity index (χ1v) is 26.2. The Kier molecular flexibility index (Phi) is 17.2. The van der Waals surface area contributed by atoms with E-state index in [-0.39, 0.29) is 74.7 Å². The van der Waals surface area contributed by atoms with E-state index in [9.17, 15) is 39.3 Å². The Hall–Kier alpha value is -3.93. The highest BCUT2D eigenvalue weighted by Gasteiger charge is 2.61. The summed E-state index contributed by atoms with van der Waals surface area (Å²) in [5, 5.41) is 36.9. The molecule has 8 rings (SSSR count). The van der Waals surface area contributed by atoms with Crippen molar-refractivity contribution >= 4 is 29.8 Å². The van der Waals surface area contributed by atoms with E-state index >= 15 is 0 Å². The standard InChI is InChI=1S/C55H80O16/c1-9-10-11-12-13-16-47(59)69-50-37(24-48(60)64-8)23-42-27-44(33(2)56)68-46(58)17-14-15-40-28-45(65-34(3)57)52(6,7)54(62,70-40)31-43-26-41(25-39(66-43)18-19-51(4,5)55(50,63)71-42)67-49(61)32-53-29-35-20-36(30-53)22-38(53)21-35/h11-13,16,18-19,24,33,35-36,38-45,50,56,62-63H,9-10,14-15,17,20-23,25-32H2,1-8H3/b12-11+,16-13+,19-18+,37-24+/t33-,35?,36?,38?,39+,40?,41-,42?,43+,44-,45+,50+,53?,54+,55?/m1/s1. The molecule has 0 aromatic rings. The molecule has 16 nitrogen and oxygen atoms in total. The molecule has 3 saturated heterocycles. The molecule has 0 aromatic carbocycles. The van der Waals surface area contributed by atoms with Crippen molar-refractivity contribution in [3.05, 3.63) is 48.1 Å². The lowest BCUT2D eigenvalue weighted by Crippen LogP contribution is -2.62. The average molecular weight is 997 g/mol. The highest BCUT2D eigenvalue weighted by Crippen LogP contribution is 2.67. The normalized spacial score (nSPS) is 40.4. The van der Waals surface area contributed by atoms with E-state index in [1.807, 2.05) is 13.0 Å². The van der Waals surface area contributed by atoms with Crippen molar-refractivity contribution in [1.29, 1.82) is 0 Å². The van der Waals surface area contributed by atoms with Crippen LogP contribution >= 0.6 is 0 Å². The molecule has 7 fully saturated rings. The van der Waals surface area contributed by atoms with Gasteiger partial charge in [0.15, 0.2) is 11.9 Å². The minimum Gasteiger partial charge on any atom is -0.466 e. The fraction of sp³-hybridized carbons (Fsp3) is 0.764. The Bertz CT molecular complexity index is 2060. The first-order valence-electron chi connectivity index (χ1n) is 26.2. The summed E-state index contributed by atoms with van der Waals surface area (Å²) in [5.74, 6) is -5.49. The number of hydrogen-bond acceptors (Lipinski definition) is 16. The molecule has 4 heterocycles. The molecule has 4 aliphatic carbocycles. The second-order valence-electron chi connectivity index (χ2n) is 23.0. The molecule has 0 amide bonds. The van der Waals surface area contributed by atoms with Crippen molar-refractivity contribution in [2.75, 3.05) is 7.11 Å². The van der Waals surface area contributed by atoms with Crippen LogP contribution in [0.4, 0.5) is 0 Å². The van der Waals surface area contributed by atoms with Crippen LogP contribution in [-0.4, -0.2) is 119 Å². The van der Waals surface area contributed by atoms with E-state index < -0.39 is 101 Å². The summed E-state index contributed by atoms with van der Waals surface area (Å²) < 4.78 is 49.2. The molecule has 8 aliphatic rings. The molecule has 13 atom stereocenters. The Morgan fingerprint density at radius 2 is 1.61 bits per heavy atom. The lowest BCUT2D eigenvalue weighted by Gasteiger charge is -2.53. The molecule has 10 bridgehead atoms. The summed E-state index contributed by atoms with van der Waals surface area (Å²) in [6.45, 7) is 11.7. The monoisotopic (exact) mass is 997 g/mol. The zero-order valence-corrected chi connectivity index (χ0v) is 43.1.